The SMILES string of the molecule is CCCc1cc(NCC)c2c(Cl)c(C)cc(Cl)c2n1. The van der Waals surface area contributed by atoms with Crippen LogP contribution in [0, 0.1) is 6.92 Å². The third kappa shape index (κ3) is 2.80. The van der Waals surface area contributed by atoms with Crippen LogP contribution in [0.25, 0.3) is 10.9 Å². The molecule has 0 amide bonds. The Morgan fingerprint density at radius 3 is 2.58 bits per heavy atom. The Hall–Kier alpha value is -0.990. The highest BCUT2D eigenvalue weighted by atomic mass is 35.5. The zero-order valence-corrected chi connectivity index (χ0v) is 13.0. The molecule has 0 saturated heterocycles. The largest absolute Gasteiger partial charge is 0.385 e. The van der Waals surface area contributed by atoms with Gasteiger partial charge in [-0.25, -0.2) is 0 Å². The quantitative estimate of drug-likeness (QED) is 0.835. The molecule has 19 heavy (non-hydrogen) atoms. The Morgan fingerprint density at radius 2 is 1.95 bits per heavy atom. The van der Waals surface area contributed by atoms with Gasteiger partial charge in [0.2, 0.25) is 0 Å². The normalized spacial score (nSPS) is 11.0. The molecule has 2 nitrogen and oxygen atoms in total. The number of rotatable bonds is 4. The number of halogens is 2. The molecule has 1 aromatic heterocycles. The molecule has 1 heterocycles. The maximum absolute atomic E-state index is 6.43. The van der Waals surface area contributed by atoms with E-state index in [1.54, 1.807) is 0 Å². The van der Waals surface area contributed by atoms with Gasteiger partial charge in [-0.05, 0) is 38.0 Å². The van der Waals surface area contributed by atoms with Crippen LogP contribution < -0.4 is 5.32 Å². The fourth-order valence-corrected chi connectivity index (χ4v) is 2.77. The fraction of sp³-hybridized carbons (Fsp3) is 0.400. The Labute approximate surface area is 124 Å². The minimum atomic E-state index is 0.661. The molecule has 0 spiro atoms. The number of benzene rings is 1. The van der Waals surface area contributed by atoms with E-state index in [4.69, 9.17) is 23.2 Å². The monoisotopic (exact) mass is 296 g/mol. The van der Waals surface area contributed by atoms with Crippen molar-refractivity contribution >= 4 is 39.8 Å². The zero-order valence-electron chi connectivity index (χ0n) is 11.5. The van der Waals surface area contributed by atoms with Crippen LogP contribution in [-0.4, -0.2) is 11.5 Å². The smallest absolute Gasteiger partial charge is 0.0927 e. The van der Waals surface area contributed by atoms with E-state index in [2.05, 4.69) is 30.2 Å². The first-order valence-electron chi connectivity index (χ1n) is 6.60. The van der Waals surface area contributed by atoms with Crippen LogP contribution in [0.5, 0.6) is 0 Å². The van der Waals surface area contributed by atoms with Crippen LogP contribution in [0.3, 0.4) is 0 Å². The Kier molecular flexibility index (Phi) is 4.54. The number of pyridine rings is 1. The number of nitrogens with zero attached hydrogens (tertiary/aromatic N) is 1. The topological polar surface area (TPSA) is 24.9 Å². The number of hydrogen-bond acceptors (Lipinski definition) is 2. The molecule has 2 aromatic rings. The molecule has 0 atom stereocenters. The van der Waals surface area contributed by atoms with Gasteiger partial charge in [0.25, 0.3) is 0 Å². The molecule has 0 saturated carbocycles. The number of hydrogen-bond donors (Lipinski definition) is 1. The summed E-state index contributed by atoms with van der Waals surface area (Å²) in [5, 5.41) is 5.67. The van der Waals surface area contributed by atoms with Gasteiger partial charge in [0.15, 0.2) is 0 Å². The summed E-state index contributed by atoms with van der Waals surface area (Å²) in [6.07, 6.45) is 2.00. The molecule has 1 N–H and O–H groups in total. The van der Waals surface area contributed by atoms with Crippen molar-refractivity contribution in [1.82, 2.24) is 4.98 Å². The van der Waals surface area contributed by atoms with Crippen LogP contribution in [-0.2, 0) is 6.42 Å². The lowest BCUT2D eigenvalue weighted by Crippen LogP contribution is -2.02. The lowest BCUT2D eigenvalue weighted by atomic mass is 10.1. The fourth-order valence-electron chi connectivity index (χ4n) is 2.23. The molecule has 0 bridgehead atoms. The van der Waals surface area contributed by atoms with Gasteiger partial charge < -0.3 is 5.32 Å². The lowest BCUT2D eigenvalue weighted by molar-refractivity contribution is 0.890. The lowest BCUT2D eigenvalue weighted by Gasteiger charge is -2.14. The molecular weight excluding hydrogens is 279 g/mol. The van der Waals surface area contributed by atoms with Crippen LogP contribution in [0.15, 0.2) is 12.1 Å². The summed E-state index contributed by atoms with van der Waals surface area (Å²) < 4.78 is 0. The van der Waals surface area contributed by atoms with Gasteiger partial charge in [-0.3, -0.25) is 4.98 Å². The van der Waals surface area contributed by atoms with E-state index in [1.807, 2.05) is 13.0 Å². The summed E-state index contributed by atoms with van der Waals surface area (Å²) in [4.78, 5) is 4.65. The second kappa shape index (κ2) is 5.98. The van der Waals surface area contributed by atoms with Crippen molar-refractivity contribution in [3.05, 3.63) is 33.4 Å². The Balaban J connectivity index is 2.78. The first-order valence-corrected chi connectivity index (χ1v) is 7.36. The maximum Gasteiger partial charge on any atom is 0.0927 e. The van der Waals surface area contributed by atoms with E-state index in [0.29, 0.717) is 5.02 Å². The van der Waals surface area contributed by atoms with Crippen molar-refractivity contribution in [2.45, 2.75) is 33.6 Å². The average molecular weight is 297 g/mol. The van der Waals surface area contributed by atoms with Gasteiger partial charge in [0, 0.05) is 23.3 Å². The van der Waals surface area contributed by atoms with Crippen molar-refractivity contribution in [2.75, 3.05) is 11.9 Å². The van der Waals surface area contributed by atoms with E-state index in [0.717, 1.165) is 52.3 Å². The number of aromatic nitrogens is 1. The third-order valence-electron chi connectivity index (χ3n) is 3.08. The zero-order chi connectivity index (χ0) is 14.0. The van der Waals surface area contributed by atoms with E-state index >= 15 is 0 Å². The number of nitrogens with one attached hydrogen (secondary N) is 1. The van der Waals surface area contributed by atoms with Crippen molar-refractivity contribution in [3.63, 3.8) is 0 Å². The Morgan fingerprint density at radius 1 is 1.21 bits per heavy atom. The minimum absolute atomic E-state index is 0.661. The molecular formula is C15H18Cl2N2. The minimum Gasteiger partial charge on any atom is -0.385 e. The van der Waals surface area contributed by atoms with E-state index in [-0.39, 0.29) is 0 Å². The van der Waals surface area contributed by atoms with E-state index in [1.165, 1.54) is 0 Å². The molecule has 1 aromatic carbocycles. The predicted octanol–water partition coefficient (Wildman–Crippen LogP) is 5.23. The van der Waals surface area contributed by atoms with E-state index < -0.39 is 0 Å². The van der Waals surface area contributed by atoms with Gasteiger partial charge >= 0.3 is 0 Å². The standard InChI is InChI=1S/C15H18Cl2N2/c1-4-6-10-8-12(18-5-2)13-14(17)9(3)7-11(16)15(13)19-10/h7-8H,4-6H2,1-3H3,(H,18,19). The van der Waals surface area contributed by atoms with Crippen LogP contribution in [0.4, 0.5) is 5.69 Å². The van der Waals surface area contributed by atoms with Gasteiger partial charge in [0.05, 0.1) is 15.6 Å². The second-order valence-corrected chi connectivity index (χ2v) is 5.44. The number of fused-ring (bicyclic) bond motifs is 1. The summed E-state index contributed by atoms with van der Waals surface area (Å²) >= 11 is 12.8. The number of aryl methyl sites for hydroxylation is 2. The molecule has 0 aliphatic carbocycles. The van der Waals surface area contributed by atoms with E-state index in [9.17, 15) is 0 Å². The molecule has 0 radical (unpaired) electrons. The van der Waals surface area contributed by atoms with Gasteiger partial charge in [-0.2, -0.15) is 0 Å². The molecule has 0 aliphatic rings. The molecule has 2 rings (SSSR count). The van der Waals surface area contributed by atoms with Crippen molar-refractivity contribution < 1.29 is 0 Å². The molecule has 0 unspecified atom stereocenters. The summed E-state index contributed by atoms with van der Waals surface area (Å²) in [5.41, 5.74) is 3.84. The highest BCUT2D eigenvalue weighted by Crippen LogP contribution is 2.37. The van der Waals surface area contributed by atoms with Crippen LogP contribution in [0.1, 0.15) is 31.5 Å². The predicted molar refractivity (Wildman–Crippen MR) is 84.7 cm³/mol. The molecule has 0 fully saturated rings. The second-order valence-electron chi connectivity index (χ2n) is 4.65. The molecule has 4 heteroatoms. The van der Waals surface area contributed by atoms with Gasteiger partial charge in [-0.15, -0.1) is 0 Å². The van der Waals surface area contributed by atoms with Crippen LogP contribution >= 0.6 is 23.2 Å². The first kappa shape index (κ1) is 14.4. The summed E-state index contributed by atoms with van der Waals surface area (Å²) in [5.74, 6) is 0. The molecule has 102 valence electrons. The van der Waals surface area contributed by atoms with Crippen LogP contribution in [0.2, 0.25) is 10.0 Å². The van der Waals surface area contributed by atoms with Crippen molar-refractivity contribution in [2.24, 2.45) is 0 Å². The highest BCUT2D eigenvalue weighted by molar-refractivity contribution is 6.41. The van der Waals surface area contributed by atoms with Gasteiger partial charge in [-0.1, -0.05) is 36.5 Å². The Bertz CT molecular complexity index is 609. The molecule has 0 aliphatic heterocycles. The third-order valence-corrected chi connectivity index (χ3v) is 3.86. The van der Waals surface area contributed by atoms with Gasteiger partial charge in [0.1, 0.15) is 0 Å². The highest BCUT2D eigenvalue weighted by Gasteiger charge is 2.14. The summed E-state index contributed by atoms with van der Waals surface area (Å²) in [6.45, 7) is 7.01. The number of anilines is 1. The summed E-state index contributed by atoms with van der Waals surface area (Å²) in [7, 11) is 0. The van der Waals surface area contributed by atoms with Crippen molar-refractivity contribution in [1.29, 1.82) is 0 Å². The maximum atomic E-state index is 6.43. The van der Waals surface area contributed by atoms with Crippen molar-refractivity contribution in [3.8, 4) is 0 Å². The first-order chi connectivity index (χ1) is 9.08. The average Bonchev–Trinajstić information content (AvgIpc) is 2.36. The summed E-state index contributed by atoms with van der Waals surface area (Å²) in [6, 6.07) is 3.96.